The molecule has 5 rings (SSSR count). The molecule has 1 aliphatic carbocycles. The van der Waals surface area contributed by atoms with E-state index in [1.165, 1.54) is 12.8 Å². The summed E-state index contributed by atoms with van der Waals surface area (Å²) in [7, 11) is 0. The molecular formula is C22H23N7O. The van der Waals surface area contributed by atoms with E-state index in [4.69, 9.17) is 0 Å². The van der Waals surface area contributed by atoms with Crippen molar-refractivity contribution >= 4 is 17.5 Å². The first kappa shape index (κ1) is 18.6. The lowest BCUT2D eigenvalue weighted by atomic mass is 9.83. The van der Waals surface area contributed by atoms with Gasteiger partial charge < -0.3 is 15.7 Å². The van der Waals surface area contributed by atoms with Gasteiger partial charge in [0, 0.05) is 42.5 Å². The number of fused-ring (bicyclic) bond motifs is 1. The summed E-state index contributed by atoms with van der Waals surface area (Å²) >= 11 is 0. The first-order chi connectivity index (χ1) is 14.6. The number of aliphatic hydroxyl groups is 1. The number of anilines is 3. The second kappa shape index (κ2) is 7.11. The van der Waals surface area contributed by atoms with Gasteiger partial charge in [-0.1, -0.05) is 6.92 Å². The molecule has 152 valence electrons. The molecule has 8 nitrogen and oxygen atoms in total. The maximum Gasteiger partial charge on any atom is 0.228 e. The van der Waals surface area contributed by atoms with Crippen LogP contribution in [0.4, 0.5) is 17.5 Å². The van der Waals surface area contributed by atoms with Crippen molar-refractivity contribution in [3.63, 3.8) is 0 Å². The van der Waals surface area contributed by atoms with Gasteiger partial charge in [-0.05, 0) is 42.5 Å². The Bertz CT molecular complexity index is 1140. The van der Waals surface area contributed by atoms with Gasteiger partial charge in [0.25, 0.3) is 0 Å². The Labute approximate surface area is 174 Å². The summed E-state index contributed by atoms with van der Waals surface area (Å²) in [5.41, 5.74) is 3.37. The summed E-state index contributed by atoms with van der Waals surface area (Å²) in [6.45, 7) is 3.53. The van der Waals surface area contributed by atoms with Gasteiger partial charge in [0.2, 0.25) is 5.95 Å². The third-order valence-corrected chi connectivity index (χ3v) is 5.89. The lowest BCUT2D eigenvalue weighted by molar-refractivity contribution is 0.219. The highest BCUT2D eigenvalue weighted by atomic mass is 16.3. The smallest absolute Gasteiger partial charge is 0.228 e. The number of nitrogens with one attached hydrogen (secondary N) is 2. The Morgan fingerprint density at radius 1 is 1.37 bits per heavy atom. The van der Waals surface area contributed by atoms with E-state index in [2.05, 4.69) is 31.8 Å². The van der Waals surface area contributed by atoms with Gasteiger partial charge in [0.1, 0.15) is 6.07 Å². The van der Waals surface area contributed by atoms with Crippen molar-refractivity contribution in [2.24, 2.45) is 5.92 Å². The quantitative estimate of drug-likeness (QED) is 0.582. The molecule has 1 aromatic carbocycles. The van der Waals surface area contributed by atoms with Gasteiger partial charge in [-0.3, -0.25) is 4.68 Å². The molecule has 0 amide bonds. The van der Waals surface area contributed by atoms with E-state index in [0.717, 1.165) is 29.3 Å². The molecule has 3 heterocycles. The van der Waals surface area contributed by atoms with Gasteiger partial charge in [0.05, 0.1) is 23.6 Å². The van der Waals surface area contributed by atoms with Gasteiger partial charge in [-0.25, -0.2) is 9.97 Å². The first-order valence-corrected chi connectivity index (χ1v) is 10.2. The Balaban J connectivity index is 1.45. The van der Waals surface area contributed by atoms with Crippen LogP contribution in [0.2, 0.25) is 0 Å². The first-order valence-electron chi connectivity index (χ1n) is 10.2. The molecule has 2 aromatic heterocycles. The number of hydrogen-bond acceptors (Lipinski definition) is 7. The molecule has 0 radical (unpaired) electrons. The van der Waals surface area contributed by atoms with Crippen LogP contribution in [0.3, 0.4) is 0 Å². The number of nitrogens with zero attached hydrogens (tertiary/aromatic N) is 5. The van der Waals surface area contributed by atoms with Gasteiger partial charge in [0.15, 0.2) is 5.82 Å². The molecule has 0 unspecified atom stereocenters. The van der Waals surface area contributed by atoms with Crippen LogP contribution >= 0.6 is 0 Å². The van der Waals surface area contributed by atoms with Crippen LogP contribution in [0.1, 0.15) is 30.9 Å². The van der Waals surface area contributed by atoms with Crippen molar-refractivity contribution < 1.29 is 5.11 Å². The molecule has 2 aliphatic rings. The number of rotatable bonds is 6. The Morgan fingerprint density at radius 3 is 3.00 bits per heavy atom. The Kier molecular flexibility index (Phi) is 4.40. The zero-order chi connectivity index (χ0) is 20.7. The Hall–Kier alpha value is -3.44. The topological polar surface area (TPSA) is 112 Å². The normalized spacial score (nSPS) is 19.8. The molecule has 3 aromatic rings. The summed E-state index contributed by atoms with van der Waals surface area (Å²) in [6.07, 6.45) is 6.22. The van der Waals surface area contributed by atoms with Crippen LogP contribution in [0.25, 0.3) is 11.3 Å². The van der Waals surface area contributed by atoms with E-state index in [9.17, 15) is 10.4 Å². The maximum atomic E-state index is 9.90. The molecule has 0 spiro atoms. The molecule has 3 N–H and O–H groups in total. The van der Waals surface area contributed by atoms with E-state index in [0.29, 0.717) is 29.6 Å². The molecule has 1 saturated carbocycles. The summed E-state index contributed by atoms with van der Waals surface area (Å²) < 4.78 is 1.95. The minimum Gasteiger partial charge on any atom is -0.395 e. The number of aromatic nitrogens is 4. The van der Waals surface area contributed by atoms with Crippen LogP contribution in [-0.2, 0) is 12.0 Å². The molecule has 0 saturated heterocycles. The van der Waals surface area contributed by atoms with Crippen LogP contribution in [0.15, 0.2) is 36.7 Å². The highest BCUT2D eigenvalue weighted by Gasteiger charge is 2.36. The molecule has 8 heteroatoms. The number of nitriles is 1. The number of aliphatic hydroxyl groups excluding tert-OH is 1. The van der Waals surface area contributed by atoms with E-state index < -0.39 is 5.41 Å². The lowest BCUT2D eigenvalue weighted by Gasteiger charge is -2.21. The minimum atomic E-state index is -0.431. The standard InChI is InChI=1S/C22H23N7O/c1-22(13-30)12-25-20-16(10-23)8-15(9-17(20)22)18-4-6-24-21(26-18)27-19-5-7-29(28-19)11-14-2-3-14/h4-9,14,25,30H,2-3,11-13H2,1H3,(H,24,26,27,28)/t22-/m1/s1. The molecule has 0 bridgehead atoms. The monoisotopic (exact) mass is 401 g/mol. The van der Waals surface area contributed by atoms with E-state index in [1.807, 2.05) is 42.1 Å². The van der Waals surface area contributed by atoms with Crippen LogP contribution < -0.4 is 10.6 Å². The lowest BCUT2D eigenvalue weighted by Crippen LogP contribution is -2.28. The highest BCUT2D eigenvalue weighted by Crippen LogP contribution is 2.41. The number of hydrogen-bond donors (Lipinski definition) is 3. The van der Waals surface area contributed by atoms with Crippen LogP contribution in [0.5, 0.6) is 0 Å². The van der Waals surface area contributed by atoms with Gasteiger partial charge >= 0.3 is 0 Å². The second-order valence-electron chi connectivity index (χ2n) is 8.39. The molecule has 1 aliphatic heterocycles. The summed E-state index contributed by atoms with van der Waals surface area (Å²) in [4.78, 5) is 8.95. The molecule has 1 fully saturated rings. The fourth-order valence-corrected chi connectivity index (χ4v) is 3.85. The van der Waals surface area contributed by atoms with Crippen molar-refractivity contribution in [3.05, 3.63) is 47.8 Å². The second-order valence-corrected chi connectivity index (χ2v) is 8.39. The van der Waals surface area contributed by atoms with E-state index >= 15 is 0 Å². The minimum absolute atomic E-state index is 0.00141. The molecule has 30 heavy (non-hydrogen) atoms. The van der Waals surface area contributed by atoms with Crippen LogP contribution in [-0.4, -0.2) is 38.0 Å². The average molecular weight is 401 g/mol. The maximum absolute atomic E-state index is 9.90. The summed E-state index contributed by atoms with van der Waals surface area (Å²) in [5.74, 6) is 1.91. The molecular weight excluding hydrogens is 378 g/mol. The zero-order valence-electron chi connectivity index (χ0n) is 16.8. The van der Waals surface area contributed by atoms with Crippen molar-refractivity contribution in [2.75, 3.05) is 23.8 Å². The average Bonchev–Trinajstić information content (AvgIpc) is 3.37. The van der Waals surface area contributed by atoms with E-state index in [1.54, 1.807) is 6.20 Å². The fourth-order valence-electron chi connectivity index (χ4n) is 3.85. The van der Waals surface area contributed by atoms with Gasteiger partial charge in [-0.15, -0.1) is 0 Å². The largest absolute Gasteiger partial charge is 0.395 e. The third-order valence-electron chi connectivity index (χ3n) is 5.89. The fraction of sp³-hybridized carbons (Fsp3) is 0.364. The summed E-state index contributed by atoms with van der Waals surface area (Å²) in [6, 6.07) is 9.82. The SMILES string of the molecule is C[C@]1(CO)CNc2c(C#N)cc(-c3ccnc(Nc4ccn(CC5CC5)n4)n3)cc21. The van der Waals surface area contributed by atoms with Crippen molar-refractivity contribution in [3.8, 4) is 17.3 Å². The predicted octanol–water partition coefficient (Wildman–Crippen LogP) is 3.04. The van der Waals surface area contributed by atoms with Crippen molar-refractivity contribution in [1.82, 2.24) is 19.7 Å². The Morgan fingerprint density at radius 2 is 2.23 bits per heavy atom. The van der Waals surface area contributed by atoms with Crippen molar-refractivity contribution in [1.29, 1.82) is 5.26 Å². The summed E-state index contributed by atoms with van der Waals surface area (Å²) in [5, 5.41) is 30.5. The van der Waals surface area contributed by atoms with Gasteiger partial charge in [-0.2, -0.15) is 10.4 Å². The molecule has 1 atom stereocenters. The zero-order valence-corrected chi connectivity index (χ0v) is 16.8. The van der Waals surface area contributed by atoms with Crippen LogP contribution in [0, 0.1) is 17.2 Å². The highest BCUT2D eigenvalue weighted by molar-refractivity contribution is 5.76. The van der Waals surface area contributed by atoms with E-state index in [-0.39, 0.29) is 6.61 Å². The predicted molar refractivity (Wildman–Crippen MR) is 113 cm³/mol. The number of benzene rings is 1. The van der Waals surface area contributed by atoms with Crippen molar-refractivity contribution in [2.45, 2.75) is 31.7 Å². The third kappa shape index (κ3) is 3.37.